The number of alkyl halides is 2. The maximum absolute atomic E-state index is 13.3. The summed E-state index contributed by atoms with van der Waals surface area (Å²) >= 11 is 0. The van der Waals surface area contributed by atoms with Crippen LogP contribution in [0, 0.1) is 6.92 Å². The lowest BCUT2D eigenvalue weighted by Crippen LogP contribution is -2.59. The zero-order chi connectivity index (χ0) is 28.5. The minimum Gasteiger partial charge on any atom is -0.435 e. The Labute approximate surface area is 234 Å². The number of rotatable bonds is 7. The van der Waals surface area contributed by atoms with Crippen LogP contribution in [0.1, 0.15) is 22.3 Å². The smallest absolute Gasteiger partial charge is 0.387 e. The molecule has 4 aromatic rings. The van der Waals surface area contributed by atoms with Crippen molar-refractivity contribution in [1.82, 2.24) is 29.5 Å². The van der Waals surface area contributed by atoms with E-state index in [1.54, 1.807) is 41.7 Å². The molecule has 10 nitrogen and oxygen atoms in total. The molecule has 0 radical (unpaired) electrons. The quantitative estimate of drug-likeness (QED) is 0.355. The average molecular weight is 562 g/mol. The average Bonchev–Trinajstić information content (AvgIpc) is 3.37. The lowest BCUT2D eigenvalue weighted by atomic mass is 10.0. The predicted octanol–water partition coefficient (Wildman–Crippen LogP) is 3.70. The SMILES string of the molecule is Cc1cc(Nc2nccn3c(-c4ccc(OC(F)F)cc4)cnc23)ccc1C(=O)N1CCN(C(=O)C2CCN2)CC1. The lowest BCUT2D eigenvalue weighted by Gasteiger charge is -2.38. The molecule has 2 aromatic carbocycles. The molecular formula is C29H29F2N7O3. The van der Waals surface area contributed by atoms with Gasteiger partial charge < -0.3 is 25.2 Å². The zero-order valence-corrected chi connectivity index (χ0v) is 22.4. The second-order valence-electron chi connectivity index (χ2n) is 10.1. The van der Waals surface area contributed by atoms with Crippen LogP contribution in [-0.4, -0.2) is 81.4 Å². The Morgan fingerprint density at radius 1 is 1.05 bits per heavy atom. The number of hydrogen-bond acceptors (Lipinski definition) is 7. The highest BCUT2D eigenvalue weighted by atomic mass is 19.3. The molecule has 2 aromatic heterocycles. The van der Waals surface area contributed by atoms with Crippen LogP contribution < -0.4 is 15.4 Å². The molecule has 12 heteroatoms. The van der Waals surface area contributed by atoms with E-state index in [9.17, 15) is 18.4 Å². The Balaban J connectivity index is 1.14. The first-order valence-electron chi connectivity index (χ1n) is 13.4. The summed E-state index contributed by atoms with van der Waals surface area (Å²) in [6.07, 6.45) is 5.98. The third-order valence-electron chi connectivity index (χ3n) is 7.52. The first kappa shape index (κ1) is 26.6. The van der Waals surface area contributed by atoms with Gasteiger partial charge in [-0.05, 0) is 67.9 Å². The van der Waals surface area contributed by atoms with E-state index in [2.05, 4.69) is 25.3 Å². The second kappa shape index (κ2) is 11.1. The summed E-state index contributed by atoms with van der Waals surface area (Å²) in [5.41, 5.74) is 4.31. The molecule has 0 bridgehead atoms. The first-order chi connectivity index (χ1) is 19.9. The minimum absolute atomic E-state index is 0.0500. The summed E-state index contributed by atoms with van der Waals surface area (Å²) in [6.45, 7) is 1.98. The number of fused-ring (bicyclic) bond motifs is 1. The number of hydrogen-bond donors (Lipinski definition) is 2. The summed E-state index contributed by atoms with van der Waals surface area (Å²) in [4.78, 5) is 38.4. The molecule has 2 aliphatic heterocycles. The van der Waals surface area contributed by atoms with Crippen LogP contribution in [0.5, 0.6) is 5.75 Å². The van der Waals surface area contributed by atoms with Gasteiger partial charge in [-0.1, -0.05) is 0 Å². The molecule has 6 rings (SSSR count). The molecular weight excluding hydrogens is 532 g/mol. The predicted molar refractivity (Wildman–Crippen MR) is 148 cm³/mol. The number of nitrogens with one attached hydrogen (secondary N) is 2. The van der Waals surface area contributed by atoms with Crippen molar-refractivity contribution >= 4 is 29.0 Å². The van der Waals surface area contributed by atoms with Crippen molar-refractivity contribution in [3.8, 4) is 17.0 Å². The van der Waals surface area contributed by atoms with Crippen molar-refractivity contribution in [2.45, 2.75) is 26.0 Å². The number of carbonyl (C=O) groups is 2. The molecule has 4 heterocycles. The molecule has 1 unspecified atom stereocenters. The highest BCUT2D eigenvalue weighted by Crippen LogP contribution is 2.28. The van der Waals surface area contributed by atoms with Crippen LogP contribution in [0.3, 0.4) is 0 Å². The lowest BCUT2D eigenvalue weighted by molar-refractivity contribution is -0.136. The maximum Gasteiger partial charge on any atom is 0.387 e. The number of aromatic nitrogens is 3. The molecule has 0 spiro atoms. The van der Waals surface area contributed by atoms with Crippen molar-refractivity contribution < 1.29 is 23.1 Å². The largest absolute Gasteiger partial charge is 0.435 e. The van der Waals surface area contributed by atoms with Gasteiger partial charge in [-0.15, -0.1) is 0 Å². The fourth-order valence-corrected chi connectivity index (χ4v) is 5.17. The molecule has 2 fully saturated rings. The van der Waals surface area contributed by atoms with Gasteiger partial charge >= 0.3 is 6.61 Å². The molecule has 2 amide bonds. The number of benzene rings is 2. The van der Waals surface area contributed by atoms with Gasteiger partial charge in [-0.2, -0.15) is 8.78 Å². The zero-order valence-electron chi connectivity index (χ0n) is 22.4. The van der Waals surface area contributed by atoms with Gasteiger partial charge in [0.15, 0.2) is 11.5 Å². The van der Waals surface area contributed by atoms with Gasteiger partial charge in [0.1, 0.15) is 5.75 Å². The van der Waals surface area contributed by atoms with E-state index >= 15 is 0 Å². The van der Waals surface area contributed by atoms with Crippen LogP contribution in [0.4, 0.5) is 20.3 Å². The third kappa shape index (κ3) is 5.42. The second-order valence-corrected chi connectivity index (χ2v) is 10.1. The van der Waals surface area contributed by atoms with Gasteiger partial charge in [0.2, 0.25) is 5.91 Å². The van der Waals surface area contributed by atoms with E-state index < -0.39 is 6.61 Å². The summed E-state index contributed by atoms with van der Waals surface area (Å²) in [5.74, 6) is 0.681. The Kier molecular flexibility index (Phi) is 7.23. The number of amides is 2. The number of aryl methyl sites for hydroxylation is 1. The number of ether oxygens (including phenoxy) is 1. The molecule has 41 heavy (non-hydrogen) atoms. The number of halogens is 2. The third-order valence-corrected chi connectivity index (χ3v) is 7.52. The Morgan fingerprint density at radius 3 is 2.44 bits per heavy atom. The van der Waals surface area contributed by atoms with Crippen LogP contribution >= 0.6 is 0 Å². The molecule has 0 aliphatic carbocycles. The monoisotopic (exact) mass is 561 g/mol. The number of piperazine rings is 1. The van der Waals surface area contributed by atoms with Crippen LogP contribution in [0.15, 0.2) is 61.1 Å². The van der Waals surface area contributed by atoms with E-state index in [0.717, 1.165) is 35.5 Å². The van der Waals surface area contributed by atoms with Crippen molar-refractivity contribution in [2.24, 2.45) is 0 Å². The van der Waals surface area contributed by atoms with Crippen molar-refractivity contribution in [1.29, 1.82) is 0 Å². The first-order valence-corrected chi connectivity index (χ1v) is 13.4. The molecule has 2 N–H and O–H groups in total. The molecule has 1 atom stereocenters. The van der Waals surface area contributed by atoms with E-state index in [4.69, 9.17) is 0 Å². The molecule has 2 saturated heterocycles. The fraction of sp³-hybridized carbons (Fsp3) is 0.310. The highest BCUT2D eigenvalue weighted by molar-refractivity contribution is 5.96. The van der Waals surface area contributed by atoms with E-state index in [0.29, 0.717) is 43.2 Å². The summed E-state index contributed by atoms with van der Waals surface area (Å²) < 4.78 is 31.3. The Hall–Kier alpha value is -4.58. The molecule has 212 valence electrons. The number of imidazole rings is 1. The number of carbonyl (C=O) groups excluding carboxylic acids is 2. The minimum atomic E-state index is -2.88. The van der Waals surface area contributed by atoms with Gasteiger partial charge in [0.05, 0.1) is 17.9 Å². The standard InChI is InChI=1S/C29H29F2N7O3/c1-18-16-20(4-7-22(18)27(39)36-12-14-37(15-13-36)28(40)23-8-9-32-23)35-25-26-34-17-24(38(26)11-10-33-25)19-2-5-21(6-3-19)41-29(30)31/h2-7,10-11,16-17,23,29,32H,8-9,12-15H2,1H3,(H,33,35). The summed E-state index contributed by atoms with van der Waals surface area (Å²) in [5, 5.41) is 6.44. The number of anilines is 2. The van der Waals surface area contributed by atoms with Crippen molar-refractivity contribution in [3.05, 3.63) is 72.2 Å². The van der Waals surface area contributed by atoms with Gasteiger partial charge in [-0.3, -0.25) is 14.0 Å². The number of nitrogens with zero attached hydrogens (tertiary/aromatic N) is 5. The van der Waals surface area contributed by atoms with Crippen LogP contribution in [0.2, 0.25) is 0 Å². The topological polar surface area (TPSA) is 104 Å². The van der Waals surface area contributed by atoms with E-state index in [1.165, 1.54) is 12.1 Å². The van der Waals surface area contributed by atoms with Crippen molar-refractivity contribution in [3.63, 3.8) is 0 Å². The molecule has 0 saturated carbocycles. The van der Waals surface area contributed by atoms with Crippen LogP contribution in [-0.2, 0) is 4.79 Å². The highest BCUT2D eigenvalue weighted by Gasteiger charge is 2.32. The Morgan fingerprint density at radius 2 is 1.78 bits per heavy atom. The van der Waals surface area contributed by atoms with Gasteiger partial charge in [0.25, 0.3) is 5.91 Å². The molecule has 2 aliphatic rings. The van der Waals surface area contributed by atoms with Crippen molar-refractivity contribution in [2.75, 3.05) is 38.0 Å². The van der Waals surface area contributed by atoms with Gasteiger partial charge in [0, 0.05) is 55.4 Å². The summed E-state index contributed by atoms with van der Waals surface area (Å²) in [7, 11) is 0. The van der Waals surface area contributed by atoms with E-state index in [1.807, 2.05) is 28.4 Å². The normalized spacial score (nSPS) is 17.0. The maximum atomic E-state index is 13.3. The van der Waals surface area contributed by atoms with Crippen LogP contribution in [0.25, 0.3) is 16.9 Å². The Bertz CT molecular complexity index is 1580. The summed E-state index contributed by atoms with van der Waals surface area (Å²) in [6, 6.07) is 11.8. The van der Waals surface area contributed by atoms with E-state index in [-0.39, 0.29) is 23.6 Å². The fourth-order valence-electron chi connectivity index (χ4n) is 5.17. The van der Waals surface area contributed by atoms with Gasteiger partial charge in [-0.25, -0.2) is 9.97 Å².